The van der Waals surface area contributed by atoms with Crippen molar-refractivity contribution in [2.75, 3.05) is 25.6 Å². The molecule has 1 aromatic heterocycles. The van der Waals surface area contributed by atoms with Gasteiger partial charge in [0.1, 0.15) is 15.6 Å². The molecule has 0 radical (unpaired) electrons. The smallest absolute Gasteiger partial charge is 0.242 e. The van der Waals surface area contributed by atoms with Crippen molar-refractivity contribution in [2.45, 2.75) is 28.3 Å². The Morgan fingerprint density at radius 1 is 1.18 bits per heavy atom. The summed E-state index contributed by atoms with van der Waals surface area (Å²) in [7, 11) is -8.92. The predicted octanol–water partition coefficient (Wildman–Crippen LogP) is -0.851. The summed E-state index contributed by atoms with van der Waals surface area (Å²) >= 11 is 0. The molecule has 7 N–H and O–H groups in total. The monoisotopic (exact) mass is 494 g/mol. The number of benzene rings is 1. The number of hydrogen-bond acceptors (Lipinski definition) is 11. The number of nitrogen functional groups attached to an aromatic ring is 1. The van der Waals surface area contributed by atoms with E-state index in [0.29, 0.717) is 17.5 Å². The van der Waals surface area contributed by atoms with Crippen molar-refractivity contribution in [3.63, 3.8) is 0 Å². The number of aliphatic hydroxyl groups excluding tert-OH is 1. The number of primary sulfonamides is 1. The Morgan fingerprint density at radius 3 is 2.55 bits per heavy atom. The molecule has 0 bridgehead atoms. The number of anilines is 1. The molecule has 1 saturated heterocycles. The van der Waals surface area contributed by atoms with Crippen molar-refractivity contribution in [2.24, 2.45) is 20.4 Å². The Kier molecular flexibility index (Phi) is 6.26. The number of nitrogens with one attached hydrogen (secondary N) is 2. The van der Waals surface area contributed by atoms with Crippen LogP contribution in [0.15, 0.2) is 55.5 Å². The minimum absolute atomic E-state index is 0.0374. The lowest BCUT2D eigenvalue weighted by molar-refractivity contribution is 0.254. The number of pyridine rings is 1. The Hall–Kier alpha value is -2.82. The zero-order chi connectivity index (χ0) is 23.8. The van der Waals surface area contributed by atoms with Gasteiger partial charge in [0.05, 0.1) is 12.2 Å². The first-order valence-corrected chi connectivity index (χ1v) is 12.8. The Balaban J connectivity index is 1.91. The number of aromatic nitrogens is 1. The van der Waals surface area contributed by atoms with Gasteiger partial charge in [-0.2, -0.15) is 5.11 Å². The fraction of sp³-hybridized carbons (Fsp3) is 0.333. The quantitative estimate of drug-likeness (QED) is 0.326. The molecule has 0 amide bonds. The molecule has 1 fully saturated rings. The maximum Gasteiger partial charge on any atom is 0.242 e. The molecule has 33 heavy (non-hydrogen) atoms. The molecule has 4 rings (SSSR count). The highest BCUT2D eigenvalue weighted by Crippen LogP contribution is 2.35. The summed E-state index contributed by atoms with van der Waals surface area (Å²) in [4.78, 5) is 6.93. The second-order valence-corrected chi connectivity index (χ2v) is 10.7. The molecule has 0 saturated carbocycles. The first-order valence-electron chi connectivity index (χ1n) is 9.81. The highest BCUT2D eigenvalue weighted by Gasteiger charge is 2.35. The van der Waals surface area contributed by atoms with Gasteiger partial charge in [0, 0.05) is 30.4 Å². The fourth-order valence-electron chi connectivity index (χ4n) is 3.77. The molecule has 1 aromatic carbocycles. The zero-order valence-corrected chi connectivity index (χ0v) is 18.8. The van der Waals surface area contributed by atoms with E-state index in [0.717, 1.165) is 6.07 Å². The van der Waals surface area contributed by atoms with Crippen molar-refractivity contribution in [3.05, 3.63) is 36.0 Å². The van der Waals surface area contributed by atoms with Crippen LogP contribution < -0.4 is 20.9 Å². The summed E-state index contributed by atoms with van der Waals surface area (Å²) in [5.41, 5.74) is 6.31. The highest BCUT2D eigenvalue weighted by molar-refractivity contribution is 7.92. The number of nitrogens with two attached hydrogens (primary N) is 2. The number of aliphatic imine (C=N–C) groups is 1. The lowest BCUT2D eigenvalue weighted by Crippen LogP contribution is -2.37. The maximum atomic E-state index is 13.3. The molecule has 0 aliphatic carbocycles. The molecular formula is C18H22N8O5S2. The van der Waals surface area contributed by atoms with Crippen LogP contribution in [-0.2, 0) is 20.0 Å². The van der Waals surface area contributed by atoms with Crippen LogP contribution in [0.4, 0.5) is 5.82 Å². The van der Waals surface area contributed by atoms with Crippen LogP contribution in [0.3, 0.4) is 0 Å². The maximum absolute atomic E-state index is 13.3. The number of rotatable bonds is 7. The molecule has 2 aromatic rings. The van der Waals surface area contributed by atoms with Gasteiger partial charge in [-0.3, -0.25) is 0 Å². The van der Waals surface area contributed by atoms with Crippen LogP contribution in [0.2, 0.25) is 0 Å². The van der Waals surface area contributed by atoms with E-state index in [1.54, 1.807) is 6.07 Å². The lowest BCUT2D eigenvalue weighted by Gasteiger charge is -2.18. The van der Waals surface area contributed by atoms with Crippen molar-refractivity contribution < 1.29 is 21.9 Å². The minimum Gasteiger partial charge on any atom is -0.395 e. The van der Waals surface area contributed by atoms with Gasteiger partial charge in [-0.1, -0.05) is 6.07 Å². The number of nitrogens with zero attached hydrogens (tertiary/aromatic N) is 4. The van der Waals surface area contributed by atoms with E-state index in [-0.39, 0.29) is 43.1 Å². The average molecular weight is 495 g/mol. The highest BCUT2D eigenvalue weighted by atomic mass is 32.2. The molecule has 15 heteroatoms. The van der Waals surface area contributed by atoms with E-state index in [1.807, 2.05) is 0 Å². The van der Waals surface area contributed by atoms with Crippen LogP contribution in [-0.4, -0.2) is 64.7 Å². The van der Waals surface area contributed by atoms with Crippen molar-refractivity contribution in [1.82, 2.24) is 15.0 Å². The summed E-state index contributed by atoms with van der Waals surface area (Å²) in [5.74, 6) is 0.186. The lowest BCUT2D eigenvalue weighted by atomic mass is 10.00. The van der Waals surface area contributed by atoms with Crippen LogP contribution >= 0.6 is 0 Å². The molecule has 13 nitrogen and oxygen atoms in total. The van der Waals surface area contributed by atoms with Gasteiger partial charge < -0.3 is 16.2 Å². The third kappa shape index (κ3) is 4.78. The van der Waals surface area contributed by atoms with E-state index in [4.69, 9.17) is 10.9 Å². The summed E-state index contributed by atoms with van der Waals surface area (Å²) < 4.78 is 54.5. The normalized spacial score (nSPS) is 20.8. The number of amidine groups is 1. The van der Waals surface area contributed by atoms with Crippen LogP contribution in [0.5, 0.6) is 0 Å². The first-order chi connectivity index (χ1) is 15.6. The van der Waals surface area contributed by atoms with Crippen LogP contribution in [0, 0.1) is 0 Å². The van der Waals surface area contributed by atoms with Gasteiger partial charge in [-0.25, -0.2) is 36.7 Å². The molecule has 2 atom stereocenters. The van der Waals surface area contributed by atoms with E-state index < -0.39 is 35.9 Å². The molecule has 0 unspecified atom stereocenters. The van der Waals surface area contributed by atoms with Crippen LogP contribution in [0.1, 0.15) is 12.0 Å². The SMILES string of the molecule is Nc1ccc(-c2ccc(S(=O)(=O)N[C@H]3CN[C@H](CO)C3)c(S(N)(=O)=O)c2C2=NCN=N2)cn1. The second-order valence-electron chi connectivity index (χ2n) is 7.54. The van der Waals surface area contributed by atoms with Gasteiger partial charge in [0.25, 0.3) is 0 Å². The number of hydrogen-bond donors (Lipinski definition) is 5. The number of azo groups is 1. The summed E-state index contributed by atoms with van der Waals surface area (Å²) in [6.45, 7) is 0.0857. The van der Waals surface area contributed by atoms with Gasteiger partial charge >= 0.3 is 0 Å². The summed E-state index contributed by atoms with van der Waals surface area (Å²) in [5, 5.41) is 25.4. The van der Waals surface area contributed by atoms with Crippen molar-refractivity contribution >= 4 is 31.7 Å². The fourth-order valence-corrected chi connectivity index (χ4v) is 6.62. The molecule has 2 aliphatic heterocycles. The largest absolute Gasteiger partial charge is 0.395 e. The molecule has 176 valence electrons. The first kappa shape index (κ1) is 23.3. The van der Waals surface area contributed by atoms with Crippen LogP contribution in [0.25, 0.3) is 11.1 Å². The third-order valence-electron chi connectivity index (χ3n) is 5.23. The molecule has 0 spiro atoms. The Morgan fingerprint density at radius 2 is 1.97 bits per heavy atom. The van der Waals surface area contributed by atoms with E-state index in [1.165, 1.54) is 18.3 Å². The molecular weight excluding hydrogens is 472 g/mol. The third-order valence-corrected chi connectivity index (χ3v) is 7.92. The predicted molar refractivity (Wildman–Crippen MR) is 119 cm³/mol. The van der Waals surface area contributed by atoms with E-state index in [2.05, 4.69) is 30.2 Å². The van der Waals surface area contributed by atoms with E-state index in [9.17, 15) is 21.9 Å². The Labute approximate surface area is 190 Å². The summed E-state index contributed by atoms with van der Waals surface area (Å²) in [6.07, 6.45) is 1.75. The number of aliphatic hydroxyl groups is 1. The van der Waals surface area contributed by atoms with Gasteiger partial charge in [-0.05, 0) is 30.2 Å². The topological polar surface area (TPSA) is 215 Å². The van der Waals surface area contributed by atoms with Gasteiger partial charge in [0.2, 0.25) is 20.0 Å². The Bertz CT molecular complexity index is 1340. The average Bonchev–Trinajstić information content (AvgIpc) is 3.44. The van der Waals surface area contributed by atoms with Crippen molar-refractivity contribution in [3.8, 4) is 11.1 Å². The zero-order valence-electron chi connectivity index (χ0n) is 17.2. The van der Waals surface area contributed by atoms with Gasteiger partial charge in [-0.15, -0.1) is 5.11 Å². The molecule has 2 aliphatic rings. The standard InChI is InChI=1S/C18H22N8O5S2/c19-15-4-1-10(6-22-15)13-2-3-14(33(30,31)26-11-5-12(8-27)21-7-11)17(32(20,28)29)16(13)18-23-9-24-25-18/h1-4,6,11-12,21,26-27H,5,7-9H2,(H2,19,22)(H2,20,28,29)/t11-,12+/m1/s1. The van der Waals surface area contributed by atoms with E-state index >= 15 is 0 Å². The van der Waals surface area contributed by atoms with Crippen molar-refractivity contribution in [1.29, 1.82) is 0 Å². The molecule has 3 heterocycles. The van der Waals surface area contributed by atoms with Gasteiger partial charge in [0.15, 0.2) is 12.5 Å². The number of sulfonamides is 2. The summed E-state index contributed by atoms with van der Waals surface area (Å²) in [6, 6.07) is 4.91. The minimum atomic E-state index is -4.57. The second kappa shape index (κ2) is 8.85.